The Kier molecular flexibility index (Phi) is 4.60. The third kappa shape index (κ3) is 3.46. The molecule has 1 heterocycles. The van der Waals surface area contributed by atoms with Crippen molar-refractivity contribution < 1.29 is 0 Å². The summed E-state index contributed by atoms with van der Waals surface area (Å²) in [6, 6.07) is 0.694. The SMILES string of the molecule is CC(C)CC1(CN)CCN(C(C)C)CC1. The van der Waals surface area contributed by atoms with Gasteiger partial charge >= 0.3 is 0 Å². The molecule has 0 spiro atoms. The lowest BCUT2D eigenvalue weighted by Gasteiger charge is -2.43. The number of nitrogens with zero attached hydrogens (tertiary/aromatic N) is 1. The van der Waals surface area contributed by atoms with Crippen LogP contribution in [0.15, 0.2) is 0 Å². The van der Waals surface area contributed by atoms with Gasteiger partial charge in [0.05, 0.1) is 0 Å². The summed E-state index contributed by atoms with van der Waals surface area (Å²) in [5, 5.41) is 0. The average Bonchev–Trinajstić information content (AvgIpc) is 2.17. The topological polar surface area (TPSA) is 29.3 Å². The monoisotopic (exact) mass is 212 g/mol. The summed E-state index contributed by atoms with van der Waals surface area (Å²) in [6.07, 6.45) is 3.88. The van der Waals surface area contributed by atoms with E-state index >= 15 is 0 Å². The van der Waals surface area contributed by atoms with E-state index in [9.17, 15) is 0 Å². The molecule has 2 nitrogen and oxygen atoms in total. The lowest BCUT2D eigenvalue weighted by Crippen LogP contribution is -2.46. The van der Waals surface area contributed by atoms with Gasteiger partial charge < -0.3 is 10.6 Å². The highest BCUT2D eigenvalue weighted by Gasteiger charge is 2.34. The normalized spacial score (nSPS) is 22.6. The van der Waals surface area contributed by atoms with Crippen molar-refractivity contribution in [2.75, 3.05) is 19.6 Å². The van der Waals surface area contributed by atoms with Crippen LogP contribution in [0.4, 0.5) is 0 Å². The summed E-state index contributed by atoms with van der Waals surface area (Å²) in [5.41, 5.74) is 6.43. The minimum absolute atomic E-state index is 0.444. The van der Waals surface area contributed by atoms with Gasteiger partial charge in [0.15, 0.2) is 0 Å². The van der Waals surface area contributed by atoms with Crippen molar-refractivity contribution in [3.63, 3.8) is 0 Å². The van der Waals surface area contributed by atoms with E-state index in [4.69, 9.17) is 5.73 Å². The maximum atomic E-state index is 5.99. The van der Waals surface area contributed by atoms with E-state index in [1.54, 1.807) is 0 Å². The van der Waals surface area contributed by atoms with Crippen molar-refractivity contribution >= 4 is 0 Å². The van der Waals surface area contributed by atoms with E-state index < -0.39 is 0 Å². The zero-order valence-corrected chi connectivity index (χ0v) is 10.9. The van der Waals surface area contributed by atoms with Crippen molar-refractivity contribution in [1.29, 1.82) is 0 Å². The van der Waals surface area contributed by atoms with E-state index in [0.29, 0.717) is 11.5 Å². The number of hydrogen-bond acceptors (Lipinski definition) is 2. The molecule has 2 heteroatoms. The molecular weight excluding hydrogens is 184 g/mol. The third-order valence-corrected chi connectivity index (χ3v) is 3.86. The van der Waals surface area contributed by atoms with Gasteiger partial charge in [0.1, 0.15) is 0 Å². The number of nitrogens with two attached hydrogens (primary N) is 1. The van der Waals surface area contributed by atoms with Gasteiger partial charge in [0.2, 0.25) is 0 Å². The van der Waals surface area contributed by atoms with Crippen molar-refractivity contribution in [3.05, 3.63) is 0 Å². The fourth-order valence-electron chi connectivity index (χ4n) is 2.87. The van der Waals surface area contributed by atoms with Crippen LogP contribution in [0.2, 0.25) is 0 Å². The first kappa shape index (κ1) is 13.0. The number of likely N-dealkylation sites (tertiary alicyclic amines) is 1. The van der Waals surface area contributed by atoms with Gasteiger partial charge in [-0.25, -0.2) is 0 Å². The minimum Gasteiger partial charge on any atom is -0.330 e. The average molecular weight is 212 g/mol. The van der Waals surface area contributed by atoms with Crippen LogP contribution in [-0.4, -0.2) is 30.6 Å². The van der Waals surface area contributed by atoms with Crippen LogP contribution in [0.25, 0.3) is 0 Å². The number of hydrogen-bond donors (Lipinski definition) is 1. The Bertz CT molecular complexity index is 179. The molecule has 1 aliphatic rings. The molecule has 0 aromatic heterocycles. The largest absolute Gasteiger partial charge is 0.330 e. The van der Waals surface area contributed by atoms with E-state index in [0.717, 1.165) is 12.5 Å². The highest BCUT2D eigenvalue weighted by atomic mass is 15.2. The maximum Gasteiger partial charge on any atom is 0.00385 e. The molecule has 15 heavy (non-hydrogen) atoms. The predicted molar refractivity (Wildman–Crippen MR) is 66.9 cm³/mol. The highest BCUT2D eigenvalue weighted by Crippen LogP contribution is 2.37. The van der Waals surface area contributed by atoms with Gasteiger partial charge in [0.25, 0.3) is 0 Å². The second kappa shape index (κ2) is 5.31. The van der Waals surface area contributed by atoms with Gasteiger partial charge in [-0.05, 0) is 64.1 Å². The van der Waals surface area contributed by atoms with Gasteiger partial charge in [-0.15, -0.1) is 0 Å². The molecule has 0 radical (unpaired) electrons. The summed E-state index contributed by atoms with van der Waals surface area (Å²) in [6.45, 7) is 12.6. The minimum atomic E-state index is 0.444. The molecule has 90 valence electrons. The molecule has 0 aromatic rings. The van der Waals surface area contributed by atoms with E-state index in [-0.39, 0.29) is 0 Å². The molecule has 1 aliphatic heterocycles. The number of rotatable bonds is 4. The van der Waals surface area contributed by atoms with Crippen LogP contribution < -0.4 is 5.73 Å². The first-order chi connectivity index (χ1) is 6.99. The smallest absolute Gasteiger partial charge is 0.00385 e. The van der Waals surface area contributed by atoms with Gasteiger partial charge in [-0.3, -0.25) is 0 Å². The zero-order valence-electron chi connectivity index (χ0n) is 10.9. The van der Waals surface area contributed by atoms with Crippen molar-refractivity contribution in [1.82, 2.24) is 4.90 Å². The Morgan fingerprint density at radius 1 is 1.13 bits per heavy atom. The fraction of sp³-hybridized carbons (Fsp3) is 1.00. The highest BCUT2D eigenvalue weighted by molar-refractivity contribution is 4.88. The second-order valence-electron chi connectivity index (χ2n) is 5.93. The molecule has 0 atom stereocenters. The molecule has 1 fully saturated rings. The van der Waals surface area contributed by atoms with Crippen LogP contribution in [0.3, 0.4) is 0 Å². The number of piperidine rings is 1. The molecule has 1 rings (SSSR count). The van der Waals surface area contributed by atoms with Crippen LogP contribution in [0.1, 0.15) is 47.0 Å². The van der Waals surface area contributed by atoms with Crippen LogP contribution in [0.5, 0.6) is 0 Å². The Hall–Kier alpha value is -0.0800. The third-order valence-electron chi connectivity index (χ3n) is 3.86. The maximum absolute atomic E-state index is 5.99. The molecule has 1 saturated heterocycles. The molecule has 0 unspecified atom stereocenters. The molecule has 0 bridgehead atoms. The Balaban J connectivity index is 2.50. The Morgan fingerprint density at radius 3 is 2.00 bits per heavy atom. The van der Waals surface area contributed by atoms with E-state index in [1.165, 1.54) is 32.4 Å². The van der Waals surface area contributed by atoms with E-state index in [2.05, 4.69) is 32.6 Å². The lowest BCUT2D eigenvalue weighted by molar-refractivity contribution is 0.0721. The summed E-state index contributed by atoms with van der Waals surface area (Å²) < 4.78 is 0. The van der Waals surface area contributed by atoms with E-state index in [1.807, 2.05) is 0 Å². The molecule has 0 saturated carbocycles. The summed E-state index contributed by atoms with van der Waals surface area (Å²) >= 11 is 0. The van der Waals surface area contributed by atoms with Crippen molar-refractivity contribution in [2.45, 2.75) is 53.0 Å². The van der Waals surface area contributed by atoms with Crippen molar-refractivity contribution in [2.24, 2.45) is 17.1 Å². The first-order valence-electron chi connectivity index (χ1n) is 6.43. The Morgan fingerprint density at radius 2 is 1.67 bits per heavy atom. The Labute approximate surface area is 95.2 Å². The summed E-state index contributed by atoms with van der Waals surface area (Å²) in [5.74, 6) is 0.777. The lowest BCUT2D eigenvalue weighted by atomic mass is 9.72. The molecule has 0 aromatic carbocycles. The van der Waals surface area contributed by atoms with Gasteiger partial charge in [0, 0.05) is 6.04 Å². The van der Waals surface area contributed by atoms with Crippen LogP contribution in [-0.2, 0) is 0 Å². The molecule has 0 amide bonds. The summed E-state index contributed by atoms with van der Waals surface area (Å²) in [7, 11) is 0. The molecule has 2 N–H and O–H groups in total. The first-order valence-corrected chi connectivity index (χ1v) is 6.43. The standard InChI is InChI=1S/C13H28N2/c1-11(2)9-13(10-14)5-7-15(8-6-13)12(3)4/h11-12H,5-10,14H2,1-4H3. The quantitative estimate of drug-likeness (QED) is 0.776. The van der Waals surface area contributed by atoms with Crippen LogP contribution >= 0.6 is 0 Å². The van der Waals surface area contributed by atoms with Gasteiger partial charge in [-0.1, -0.05) is 13.8 Å². The summed E-state index contributed by atoms with van der Waals surface area (Å²) in [4.78, 5) is 2.58. The molecule has 0 aliphatic carbocycles. The van der Waals surface area contributed by atoms with Gasteiger partial charge in [-0.2, -0.15) is 0 Å². The fourth-order valence-corrected chi connectivity index (χ4v) is 2.87. The van der Waals surface area contributed by atoms with Crippen LogP contribution in [0, 0.1) is 11.3 Å². The zero-order chi connectivity index (χ0) is 11.5. The van der Waals surface area contributed by atoms with Crippen molar-refractivity contribution in [3.8, 4) is 0 Å². The predicted octanol–water partition coefficient (Wildman–Crippen LogP) is 2.48. The second-order valence-corrected chi connectivity index (χ2v) is 5.93. The molecular formula is C13H28N2.